The van der Waals surface area contributed by atoms with Crippen molar-refractivity contribution >= 4 is 17.3 Å². The van der Waals surface area contributed by atoms with Gasteiger partial charge in [-0.3, -0.25) is 14.9 Å². The van der Waals surface area contributed by atoms with Crippen LogP contribution in [0.3, 0.4) is 0 Å². The summed E-state index contributed by atoms with van der Waals surface area (Å²) in [5.74, 6) is -0.126. The Morgan fingerprint density at radius 3 is 2.57 bits per heavy atom. The summed E-state index contributed by atoms with van der Waals surface area (Å²) in [6, 6.07) is 11.8. The Labute approximate surface area is 145 Å². The molecule has 0 unspecified atom stereocenters. The van der Waals surface area contributed by atoms with Crippen molar-refractivity contribution in [2.75, 3.05) is 5.32 Å². The smallest absolute Gasteiger partial charge is 0.271 e. The number of nitrogens with zero attached hydrogens (tertiary/aromatic N) is 2. The fourth-order valence-electron chi connectivity index (χ4n) is 2.08. The van der Waals surface area contributed by atoms with Crippen LogP contribution in [0.25, 0.3) is 0 Å². The fraction of sp³-hybridized carbons (Fsp3) is 0.250. The average Bonchev–Trinajstić information content (AvgIpc) is 2.53. The first kappa shape index (κ1) is 18.8. The summed E-state index contributed by atoms with van der Waals surface area (Å²) in [4.78, 5) is 22.0. The van der Waals surface area contributed by atoms with Crippen LogP contribution in [0, 0.1) is 10.1 Å². The summed E-state index contributed by atoms with van der Waals surface area (Å²) in [6.07, 6.45) is 6.04. The van der Waals surface area contributed by atoms with E-state index < -0.39 is 4.92 Å². The number of non-ortho nitro benzene ring substituents is 1. The number of pyridine rings is 1. The van der Waals surface area contributed by atoms with Gasteiger partial charge in [0, 0.05) is 42.8 Å². The minimum atomic E-state index is -0.479. The van der Waals surface area contributed by atoms with Gasteiger partial charge in [-0.2, -0.15) is 0 Å². The molecule has 1 heterocycles. The summed E-state index contributed by atoms with van der Waals surface area (Å²) in [5, 5.41) is 13.4. The van der Waals surface area contributed by atoms with E-state index in [9.17, 15) is 14.9 Å². The highest BCUT2D eigenvalue weighted by Gasteiger charge is 2.08. The molecule has 0 saturated carbocycles. The predicted molar refractivity (Wildman–Crippen MR) is 82.2 cm³/mol. The van der Waals surface area contributed by atoms with Gasteiger partial charge in [-0.05, 0) is 12.5 Å². The topological polar surface area (TPSA) is 76.1 Å². The van der Waals surface area contributed by atoms with Crippen LogP contribution in [-0.2, 0) is 11.3 Å². The Bertz CT molecular complexity index is 650. The molecule has 0 bridgehead atoms. The number of aromatic nitrogens is 1. The van der Waals surface area contributed by atoms with Crippen molar-refractivity contribution in [3.63, 3.8) is 0 Å². The van der Waals surface area contributed by atoms with Gasteiger partial charge in [0.1, 0.15) is 6.54 Å². The van der Waals surface area contributed by atoms with Crippen LogP contribution in [0.5, 0.6) is 0 Å². The Morgan fingerprint density at radius 2 is 1.87 bits per heavy atom. The van der Waals surface area contributed by atoms with Crippen molar-refractivity contribution in [1.82, 2.24) is 0 Å². The number of anilines is 1. The molecule has 0 fully saturated rings. The molecule has 0 aliphatic carbocycles. The SMILES string of the molecule is O=C(CCCC[n+]1ccccc1)Nc1cccc([N+](=O)[O-])c1.[Br-]. The van der Waals surface area contributed by atoms with Gasteiger partial charge in [0.05, 0.1) is 4.92 Å². The summed E-state index contributed by atoms with van der Waals surface area (Å²) >= 11 is 0. The van der Waals surface area contributed by atoms with E-state index in [-0.39, 0.29) is 28.6 Å². The lowest BCUT2D eigenvalue weighted by Gasteiger charge is -2.04. The summed E-state index contributed by atoms with van der Waals surface area (Å²) < 4.78 is 2.07. The van der Waals surface area contributed by atoms with E-state index in [4.69, 9.17) is 0 Å². The first-order valence-electron chi connectivity index (χ1n) is 7.13. The number of amides is 1. The molecule has 2 aromatic rings. The van der Waals surface area contributed by atoms with E-state index in [1.54, 1.807) is 12.1 Å². The molecule has 7 heteroatoms. The molecular weight excluding hydrogens is 362 g/mol. The maximum Gasteiger partial charge on any atom is 0.271 e. The van der Waals surface area contributed by atoms with Gasteiger partial charge in [-0.15, -0.1) is 0 Å². The molecule has 2 rings (SSSR count). The van der Waals surface area contributed by atoms with E-state index in [0.29, 0.717) is 12.1 Å². The number of unbranched alkanes of at least 4 members (excludes halogenated alkanes) is 1. The Balaban J connectivity index is 0.00000264. The van der Waals surface area contributed by atoms with Gasteiger partial charge < -0.3 is 22.3 Å². The van der Waals surface area contributed by atoms with Crippen LogP contribution in [0.15, 0.2) is 54.9 Å². The number of benzene rings is 1. The van der Waals surface area contributed by atoms with Crippen LogP contribution in [0.1, 0.15) is 19.3 Å². The maximum atomic E-state index is 11.8. The average molecular weight is 380 g/mol. The summed E-state index contributed by atoms with van der Waals surface area (Å²) in [7, 11) is 0. The van der Waals surface area contributed by atoms with Gasteiger partial charge in [0.15, 0.2) is 12.4 Å². The third-order valence-electron chi connectivity index (χ3n) is 3.19. The van der Waals surface area contributed by atoms with E-state index >= 15 is 0 Å². The first-order valence-corrected chi connectivity index (χ1v) is 7.13. The van der Waals surface area contributed by atoms with Gasteiger partial charge in [-0.1, -0.05) is 12.1 Å². The summed E-state index contributed by atoms with van der Waals surface area (Å²) in [6.45, 7) is 0.866. The zero-order valence-corrected chi connectivity index (χ0v) is 14.1. The van der Waals surface area contributed by atoms with Crippen LogP contribution >= 0.6 is 0 Å². The Morgan fingerprint density at radius 1 is 1.13 bits per heavy atom. The van der Waals surface area contributed by atoms with Crippen LogP contribution < -0.4 is 26.9 Å². The fourth-order valence-corrected chi connectivity index (χ4v) is 2.08. The molecule has 0 spiro atoms. The number of nitro benzene ring substituents is 1. The van der Waals surface area contributed by atoms with Gasteiger partial charge in [-0.25, -0.2) is 4.57 Å². The first-order chi connectivity index (χ1) is 10.6. The second-order valence-electron chi connectivity index (χ2n) is 4.93. The second kappa shape index (κ2) is 9.68. The van der Waals surface area contributed by atoms with Gasteiger partial charge >= 0.3 is 0 Å². The number of rotatable bonds is 7. The standard InChI is InChI=1S/C16H17N3O3.BrH/c20-16(9-2-5-12-18-10-3-1-4-11-18)17-14-7-6-8-15(13-14)19(21)22;/h1,3-4,6-8,10-11,13H,2,5,9,12H2;1H. The lowest BCUT2D eigenvalue weighted by Crippen LogP contribution is -3.00. The van der Waals surface area contributed by atoms with Crippen molar-refractivity contribution in [2.24, 2.45) is 0 Å². The van der Waals surface area contributed by atoms with Crippen LogP contribution in [0.2, 0.25) is 0 Å². The minimum absolute atomic E-state index is 0. The molecule has 1 amide bonds. The quantitative estimate of drug-likeness (QED) is 0.310. The van der Waals surface area contributed by atoms with Gasteiger partial charge in [0.2, 0.25) is 5.91 Å². The third kappa shape index (κ3) is 6.56. The maximum absolute atomic E-state index is 11.8. The number of nitrogens with one attached hydrogen (secondary N) is 1. The second-order valence-corrected chi connectivity index (χ2v) is 4.93. The molecule has 0 atom stereocenters. The summed E-state index contributed by atoms with van der Waals surface area (Å²) in [5.41, 5.74) is 0.426. The Hall–Kier alpha value is -2.28. The van der Waals surface area contributed by atoms with Gasteiger partial charge in [0.25, 0.3) is 5.69 Å². The molecule has 122 valence electrons. The lowest BCUT2D eigenvalue weighted by molar-refractivity contribution is -0.697. The number of hydrogen-bond acceptors (Lipinski definition) is 3. The molecule has 1 aromatic heterocycles. The van der Waals surface area contributed by atoms with E-state index in [1.165, 1.54) is 12.1 Å². The monoisotopic (exact) mass is 379 g/mol. The number of carbonyl (C=O) groups is 1. The number of halogens is 1. The zero-order valence-electron chi connectivity index (χ0n) is 12.5. The van der Waals surface area contributed by atoms with Crippen molar-refractivity contribution in [3.8, 4) is 0 Å². The van der Waals surface area contributed by atoms with Crippen molar-refractivity contribution in [1.29, 1.82) is 0 Å². The normalized spacial score (nSPS) is 9.74. The molecule has 0 aliphatic rings. The molecule has 1 N–H and O–H groups in total. The van der Waals surface area contributed by atoms with Crippen molar-refractivity contribution in [2.45, 2.75) is 25.8 Å². The molecular formula is C16H18BrN3O3. The number of carbonyl (C=O) groups excluding carboxylic acids is 1. The predicted octanol–water partition coefficient (Wildman–Crippen LogP) is -0.305. The molecule has 0 saturated heterocycles. The highest BCUT2D eigenvalue weighted by Crippen LogP contribution is 2.17. The molecule has 1 aromatic carbocycles. The molecule has 23 heavy (non-hydrogen) atoms. The largest absolute Gasteiger partial charge is 1.00 e. The molecule has 0 aliphatic heterocycles. The van der Waals surface area contributed by atoms with E-state index in [1.807, 2.05) is 30.6 Å². The van der Waals surface area contributed by atoms with Crippen LogP contribution in [0.4, 0.5) is 11.4 Å². The van der Waals surface area contributed by atoms with Crippen LogP contribution in [-0.4, -0.2) is 10.8 Å². The highest BCUT2D eigenvalue weighted by molar-refractivity contribution is 5.90. The molecule has 6 nitrogen and oxygen atoms in total. The van der Waals surface area contributed by atoms with Crippen molar-refractivity contribution in [3.05, 3.63) is 65.0 Å². The number of nitro groups is 1. The highest BCUT2D eigenvalue weighted by atomic mass is 79.9. The number of hydrogen-bond donors (Lipinski definition) is 1. The zero-order chi connectivity index (χ0) is 15.8. The lowest BCUT2D eigenvalue weighted by atomic mass is 10.2. The Kier molecular flexibility index (Phi) is 7.90. The molecule has 0 radical (unpaired) electrons. The van der Waals surface area contributed by atoms with E-state index in [2.05, 4.69) is 9.88 Å². The third-order valence-corrected chi connectivity index (χ3v) is 3.19. The number of aryl methyl sites for hydroxylation is 1. The van der Waals surface area contributed by atoms with E-state index in [0.717, 1.165) is 19.4 Å². The van der Waals surface area contributed by atoms with Crippen molar-refractivity contribution < 1.29 is 31.3 Å². The minimum Gasteiger partial charge on any atom is -1.00 e.